The van der Waals surface area contributed by atoms with Crippen LogP contribution in [-0.4, -0.2) is 13.1 Å². The molecule has 2 nitrogen and oxygen atoms in total. The summed E-state index contributed by atoms with van der Waals surface area (Å²) in [5.74, 6) is -0.148. The third-order valence-corrected chi connectivity index (χ3v) is 3.62. The summed E-state index contributed by atoms with van der Waals surface area (Å²) in [6.45, 7) is 2.16. The number of allylic oxidation sites excluding steroid dienone is 10. The number of carbonyl (C=O) groups is 1. The van der Waals surface area contributed by atoms with Crippen molar-refractivity contribution in [2.24, 2.45) is 0 Å². The summed E-state index contributed by atoms with van der Waals surface area (Å²) in [4.78, 5) is 10.9. The number of ether oxygens (including phenoxy) is 1. The largest absolute Gasteiger partial charge is 0.469 e. The molecule has 0 fully saturated rings. The number of hydrogen-bond acceptors (Lipinski definition) is 2. The Hall–Kier alpha value is -1.83. The van der Waals surface area contributed by atoms with Crippen molar-refractivity contribution >= 4 is 5.97 Å². The van der Waals surface area contributed by atoms with Gasteiger partial charge in [-0.15, -0.1) is 0 Å². The lowest BCUT2D eigenvalue weighted by Crippen LogP contribution is -1.97. The number of methoxy groups -OCH3 is 1. The molecule has 0 bridgehead atoms. The predicted molar refractivity (Wildman–Crippen MR) is 110 cm³/mol. The normalized spacial score (nSPS) is 12.6. The van der Waals surface area contributed by atoms with E-state index in [0.29, 0.717) is 6.42 Å². The molecule has 25 heavy (non-hydrogen) atoms. The standard InChI is InChI=1S/C23H36O2/c1-3-4-5-6-7-8-9-10-11-12-13-14-15-16-17-18-19-20-21-22-23(24)25-2/h4-5,7-8,13-14,16-17,19-20H,3,6,9-12,15,18,21-22H2,1-2H3/b5-4-,8-7-,14-13-,17-16-,20-19-. The minimum absolute atomic E-state index is 0.148. The number of carbonyl (C=O) groups excluding carboxylic acids is 1. The van der Waals surface area contributed by atoms with Gasteiger partial charge in [0.25, 0.3) is 0 Å². The first-order valence-corrected chi connectivity index (χ1v) is 9.63. The Labute approximate surface area is 155 Å². The molecule has 0 saturated heterocycles. The van der Waals surface area contributed by atoms with E-state index in [2.05, 4.69) is 66.3 Å². The molecule has 0 spiro atoms. The summed E-state index contributed by atoms with van der Waals surface area (Å²) >= 11 is 0. The van der Waals surface area contributed by atoms with Gasteiger partial charge in [-0.2, -0.15) is 0 Å². The van der Waals surface area contributed by atoms with E-state index >= 15 is 0 Å². The molecule has 0 unspecified atom stereocenters. The molecule has 0 rings (SSSR count). The Morgan fingerprint density at radius 2 is 1.12 bits per heavy atom. The lowest BCUT2D eigenvalue weighted by atomic mass is 10.1. The molecule has 2 heteroatoms. The minimum atomic E-state index is -0.148. The van der Waals surface area contributed by atoms with Gasteiger partial charge in [-0.1, -0.05) is 67.7 Å². The van der Waals surface area contributed by atoms with E-state index < -0.39 is 0 Å². The van der Waals surface area contributed by atoms with Crippen molar-refractivity contribution in [3.8, 4) is 0 Å². The summed E-state index contributed by atoms with van der Waals surface area (Å²) < 4.78 is 4.59. The number of esters is 1. The maximum absolute atomic E-state index is 10.9. The van der Waals surface area contributed by atoms with Crippen LogP contribution in [-0.2, 0) is 9.53 Å². The van der Waals surface area contributed by atoms with E-state index in [0.717, 1.165) is 32.1 Å². The van der Waals surface area contributed by atoms with E-state index in [1.54, 1.807) is 0 Å². The first-order valence-electron chi connectivity index (χ1n) is 9.63. The fourth-order valence-corrected chi connectivity index (χ4v) is 2.16. The van der Waals surface area contributed by atoms with E-state index in [-0.39, 0.29) is 5.97 Å². The highest BCUT2D eigenvalue weighted by Crippen LogP contribution is 2.03. The molecule has 140 valence electrons. The lowest BCUT2D eigenvalue weighted by Gasteiger charge is -1.93. The SMILES string of the molecule is CC/C=C\C/C=C\CCCC/C=C\C/C=C\C/C=C\CCC(=O)OC. The van der Waals surface area contributed by atoms with Gasteiger partial charge in [-0.25, -0.2) is 0 Å². The predicted octanol–water partition coefficient (Wildman–Crippen LogP) is 6.86. The van der Waals surface area contributed by atoms with Crippen molar-refractivity contribution in [3.63, 3.8) is 0 Å². The highest BCUT2D eigenvalue weighted by molar-refractivity contribution is 5.69. The molecule has 0 amide bonds. The Morgan fingerprint density at radius 3 is 1.60 bits per heavy atom. The third kappa shape index (κ3) is 20.1. The summed E-state index contributed by atoms with van der Waals surface area (Å²) in [5.41, 5.74) is 0. The molecular weight excluding hydrogens is 308 g/mol. The fourth-order valence-electron chi connectivity index (χ4n) is 2.16. The van der Waals surface area contributed by atoms with E-state index in [9.17, 15) is 4.79 Å². The van der Waals surface area contributed by atoms with Gasteiger partial charge in [0.15, 0.2) is 0 Å². The van der Waals surface area contributed by atoms with Crippen LogP contribution in [0.4, 0.5) is 0 Å². The van der Waals surface area contributed by atoms with Gasteiger partial charge in [-0.05, 0) is 57.8 Å². The van der Waals surface area contributed by atoms with Crippen LogP contribution in [0.3, 0.4) is 0 Å². The van der Waals surface area contributed by atoms with Crippen molar-refractivity contribution in [1.29, 1.82) is 0 Å². The highest BCUT2D eigenvalue weighted by Gasteiger charge is 1.94. The number of unbranched alkanes of at least 4 members (excludes halogenated alkanes) is 3. The summed E-state index contributed by atoms with van der Waals surface area (Å²) in [5, 5.41) is 0. The van der Waals surface area contributed by atoms with Gasteiger partial charge in [-0.3, -0.25) is 4.79 Å². The zero-order valence-corrected chi connectivity index (χ0v) is 16.2. The van der Waals surface area contributed by atoms with Crippen LogP contribution in [0.25, 0.3) is 0 Å². The van der Waals surface area contributed by atoms with E-state index in [1.165, 1.54) is 32.8 Å². The van der Waals surface area contributed by atoms with Gasteiger partial charge in [0.05, 0.1) is 7.11 Å². The number of hydrogen-bond donors (Lipinski definition) is 0. The Morgan fingerprint density at radius 1 is 0.680 bits per heavy atom. The summed E-state index contributed by atoms with van der Waals surface area (Å²) in [6, 6.07) is 0. The molecule has 0 heterocycles. The second-order valence-corrected chi connectivity index (χ2v) is 5.87. The fraction of sp³-hybridized carbons (Fsp3) is 0.522. The van der Waals surface area contributed by atoms with E-state index in [4.69, 9.17) is 0 Å². The van der Waals surface area contributed by atoms with Gasteiger partial charge < -0.3 is 4.74 Å². The number of rotatable bonds is 15. The molecular formula is C23H36O2. The van der Waals surface area contributed by atoms with Gasteiger partial charge in [0.2, 0.25) is 0 Å². The minimum Gasteiger partial charge on any atom is -0.469 e. The average Bonchev–Trinajstić information content (AvgIpc) is 2.63. The third-order valence-electron chi connectivity index (χ3n) is 3.62. The maximum Gasteiger partial charge on any atom is 0.305 e. The molecule has 0 atom stereocenters. The zero-order chi connectivity index (χ0) is 18.4. The van der Waals surface area contributed by atoms with Crippen LogP contribution in [0.15, 0.2) is 60.8 Å². The lowest BCUT2D eigenvalue weighted by molar-refractivity contribution is -0.140. The molecule has 0 radical (unpaired) electrons. The van der Waals surface area contributed by atoms with Gasteiger partial charge in [0, 0.05) is 6.42 Å². The Balaban J connectivity index is 3.41. The van der Waals surface area contributed by atoms with E-state index in [1.807, 2.05) is 6.08 Å². The zero-order valence-electron chi connectivity index (χ0n) is 16.2. The van der Waals surface area contributed by atoms with Crippen LogP contribution >= 0.6 is 0 Å². The van der Waals surface area contributed by atoms with Crippen molar-refractivity contribution in [1.82, 2.24) is 0 Å². The first kappa shape index (κ1) is 23.2. The average molecular weight is 345 g/mol. The second-order valence-electron chi connectivity index (χ2n) is 5.87. The maximum atomic E-state index is 10.9. The Kier molecular flexibility index (Phi) is 18.7. The van der Waals surface area contributed by atoms with Crippen molar-refractivity contribution < 1.29 is 9.53 Å². The smallest absolute Gasteiger partial charge is 0.305 e. The van der Waals surface area contributed by atoms with Crippen LogP contribution in [0, 0.1) is 0 Å². The monoisotopic (exact) mass is 344 g/mol. The molecule has 0 aromatic rings. The van der Waals surface area contributed by atoms with Crippen LogP contribution in [0.1, 0.15) is 71.1 Å². The topological polar surface area (TPSA) is 26.3 Å². The molecule has 0 aromatic carbocycles. The quantitative estimate of drug-likeness (QED) is 0.184. The first-order chi connectivity index (χ1) is 12.3. The highest BCUT2D eigenvalue weighted by atomic mass is 16.5. The molecule has 0 aromatic heterocycles. The Bertz CT molecular complexity index is 439. The molecule has 0 aliphatic heterocycles. The summed E-state index contributed by atoms with van der Waals surface area (Å²) in [6.07, 6.45) is 32.2. The van der Waals surface area contributed by atoms with Crippen LogP contribution < -0.4 is 0 Å². The molecule has 0 aliphatic carbocycles. The van der Waals surface area contributed by atoms with Crippen molar-refractivity contribution in [2.75, 3.05) is 7.11 Å². The molecule has 0 aliphatic rings. The van der Waals surface area contributed by atoms with Crippen molar-refractivity contribution in [2.45, 2.75) is 71.1 Å². The summed E-state index contributed by atoms with van der Waals surface area (Å²) in [7, 11) is 1.42. The second kappa shape index (κ2) is 20.2. The van der Waals surface area contributed by atoms with Gasteiger partial charge >= 0.3 is 5.97 Å². The molecule has 0 saturated carbocycles. The van der Waals surface area contributed by atoms with Crippen molar-refractivity contribution in [3.05, 3.63) is 60.8 Å². The molecule has 0 N–H and O–H groups in total. The van der Waals surface area contributed by atoms with Gasteiger partial charge in [0.1, 0.15) is 0 Å². The van der Waals surface area contributed by atoms with Crippen LogP contribution in [0.5, 0.6) is 0 Å². The van der Waals surface area contributed by atoms with Crippen LogP contribution in [0.2, 0.25) is 0 Å².